The number of benzene rings is 2. The smallest absolute Gasteiger partial charge is 0.0849 e. The zero-order chi connectivity index (χ0) is 25.5. The molecule has 0 heterocycles. The second-order valence-corrected chi connectivity index (χ2v) is 11.0. The summed E-state index contributed by atoms with van der Waals surface area (Å²) in [6.07, 6.45) is 1.66. The Hall–Kier alpha value is -2.15. The van der Waals surface area contributed by atoms with Crippen LogP contribution in [-0.2, 0) is 5.41 Å². The molecule has 0 amide bonds. The molecule has 34 heavy (non-hydrogen) atoms. The van der Waals surface area contributed by atoms with Gasteiger partial charge in [-0.1, -0.05) is 54.6 Å². The summed E-state index contributed by atoms with van der Waals surface area (Å²) in [5.74, 6) is 0. The fraction of sp³-hybridized carbons (Fsp3) is 0.581. The molecule has 0 aliphatic heterocycles. The SMILES string of the molecule is CC(C)N(CCC(C#N)(CC(C)N(C(C)C)C(C)C)c1ccc(-c2ccccc2)cc1)C(C)C. The molecule has 0 radical (unpaired) electrons. The molecule has 0 saturated heterocycles. The maximum Gasteiger partial charge on any atom is 0.0849 e. The molecule has 3 heteroatoms. The summed E-state index contributed by atoms with van der Waals surface area (Å²) in [4.78, 5) is 5.06. The molecule has 0 spiro atoms. The van der Waals surface area contributed by atoms with Crippen molar-refractivity contribution in [2.45, 2.75) is 111 Å². The van der Waals surface area contributed by atoms with Gasteiger partial charge in [-0.15, -0.1) is 0 Å². The van der Waals surface area contributed by atoms with E-state index in [9.17, 15) is 5.26 Å². The molecule has 2 rings (SSSR count). The van der Waals surface area contributed by atoms with Crippen molar-refractivity contribution in [1.82, 2.24) is 9.80 Å². The van der Waals surface area contributed by atoms with Crippen molar-refractivity contribution in [3.8, 4) is 17.2 Å². The van der Waals surface area contributed by atoms with Crippen molar-refractivity contribution in [3.05, 3.63) is 60.2 Å². The molecule has 0 saturated carbocycles. The highest BCUT2D eigenvalue weighted by Gasteiger charge is 2.37. The monoisotopic (exact) mass is 461 g/mol. The lowest BCUT2D eigenvalue weighted by Gasteiger charge is -2.41. The first kappa shape index (κ1) is 28.1. The second kappa shape index (κ2) is 12.5. The van der Waals surface area contributed by atoms with Crippen LogP contribution in [0.1, 0.15) is 80.7 Å². The minimum absolute atomic E-state index is 0.306. The van der Waals surface area contributed by atoms with Gasteiger partial charge in [0, 0.05) is 36.8 Å². The Morgan fingerprint density at radius 3 is 1.65 bits per heavy atom. The van der Waals surface area contributed by atoms with Crippen LogP contribution < -0.4 is 0 Å². The summed E-state index contributed by atoms with van der Waals surface area (Å²) in [5.41, 5.74) is 3.02. The van der Waals surface area contributed by atoms with Crippen molar-refractivity contribution in [1.29, 1.82) is 5.26 Å². The van der Waals surface area contributed by atoms with Crippen molar-refractivity contribution < 1.29 is 0 Å². The molecule has 2 unspecified atom stereocenters. The second-order valence-electron chi connectivity index (χ2n) is 11.0. The first-order valence-electron chi connectivity index (χ1n) is 13.1. The van der Waals surface area contributed by atoms with E-state index in [1.165, 1.54) is 11.1 Å². The average Bonchev–Trinajstić information content (AvgIpc) is 2.78. The highest BCUT2D eigenvalue weighted by molar-refractivity contribution is 5.63. The highest BCUT2D eigenvalue weighted by Crippen LogP contribution is 2.36. The molecule has 0 bridgehead atoms. The van der Waals surface area contributed by atoms with Crippen LogP contribution in [0.2, 0.25) is 0 Å². The maximum absolute atomic E-state index is 10.7. The molecular weight excluding hydrogens is 414 g/mol. The van der Waals surface area contributed by atoms with Gasteiger partial charge < -0.3 is 0 Å². The van der Waals surface area contributed by atoms with Gasteiger partial charge in [-0.2, -0.15) is 5.26 Å². The van der Waals surface area contributed by atoms with Gasteiger partial charge in [-0.25, -0.2) is 0 Å². The van der Waals surface area contributed by atoms with Crippen LogP contribution in [0.4, 0.5) is 0 Å². The van der Waals surface area contributed by atoms with Crippen LogP contribution in [0, 0.1) is 11.3 Å². The van der Waals surface area contributed by atoms with E-state index < -0.39 is 5.41 Å². The summed E-state index contributed by atoms with van der Waals surface area (Å²) >= 11 is 0. The minimum Gasteiger partial charge on any atom is -0.298 e. The summed E-state index contributed by atoms with van der Waals surface area (Å²) in [7, 11) is 0. The third kappa shape index (κ3) is 6.94. The predicted octanol–water partition coefficient (Wildman–Crippen LogP) is 7.52. The Balaban J connectivity index is 2.45. The topological polar surface area (TPSA) is 30.3 Å². The van der Waals surface area contributed by atoms with Gasteiger partial charge in [0.05, 0.1) is 11.5 Å². The standard InChI is InChI=1S/C31H47N3/c1-23(2)33(24(3)4)20-19-31(22-32,21-27(9)34(25(5)6)26(7)8)30-17-15-29(16-18-30)28-13-11-10-12-14-28/h10-18,23-27H,19-21H2,1-9H3. The minimum atomic E-state index is -0.529. The van der Waals surface area contributed by atoms with E-state index in [-0.39, 0.29) is 0 Å². The molecule has 2 aromatic rings. The molecule has 0 aliphatic rings. The van der Waals surface area contributed by atoms with E-state index in [1.807, 2.05) is 6.07 Å². The maximum atomic E-state index is 10.7. The third-order valence-corrected chi connectivity index (χ3v) is 7.23. The van der Waals surface area contributed by atoms with Gasteiger partial charge in [-0.3, -0.25) is 9.80 Å². The quantitative estimate of drug-likeness (QED) is 0.327. The van der Waals surface area contributed by atoms with Crippen molar-refractivity contribution in [2.24, 2.45) is 0 Å². The highest BCUT2D eigenvalue weighted by atomic mass is 15.2. The van der Waals surface area contributed by atoms with Crippen molar-refractivity contribution >= 4 is 0 Å². The van der Waals surface area contributed by atoms with Crippen molar-refractivity contribution in [3.63, 3.8) is 0 Å². The van der Waals surface area contributed by atoms with Gasteiger partial charge in [-0.05, 0) is 91.8 Å². The summed E-state index contributed by atoms with van der Waals surface area (Å²) in [5, 5.41) is 10.7. The molecule has 0 aliphatic carbocycles. The lowest BCUT2D eigenvalue weighted by Crippen LogP contribution is -2.47. The number of nitrogens with zero attached hydrogens (tertiary/aromatic N) is 3. The summed E-state index contributed by atoms with van der Waals surface area (Å²) in [6.45, 7) is 21.3. The molecule has 186 valence electrons. The normalized spacial score (nSPS) is 14.9. The lowest BCUT2D eigenvalue weighted by molar-refractivity contribution is 0.0982. The molecule has 2 aromatic carbocycles. The van der Waals surface area contributed by atoms with Crippen LogP contribution in [0.3, 0.4) is 0 Å². The van der Waals surface area contributed by atoms with E-state index >= 15 is 0 Å². The first-order valence-corrected chi connectivity index (χ1v) is 13.1. The van der Waals surface area contributed by atoms with Gasteiger partial charge in [0.1, 0.15) is 0 Å². The Bertz CT molecular complexity index is 877. The zero-order valence-electron chi connectivity index (χ0n) is 23.0. The summed E-state index contributed by atoms with van der Waals surface area (Å²) in [6, 6.07) is 24.2. The lowest BCUT2D eigenvalue weighted by atomic mass is 9.73. The number of nitriles is 1. The van der Waals surface area contributed by atoms with Gasteiger partial charge in [0.25, 0.3) is 0 Å². The van der Waals surface area contributed by atoms with E-state index in [0.29, 0.717) is 30.2 Å². The molecule has 0 N–H and O–H groups in total. The van der Waals surface area contributed by atoms with Gasteiger partial charge >= 0.3 is 0 Å². The van der Waals surface area contributed by atoms with Crippen LogP contribution in [-0.4, -0.2) is 46.6 Å². The Kier molecular flexibility index (Phi) is 10.3. The molecular formula is C31H47N3. The Morgan fingerprint density at radius 2 is 1.21 bits per heavy atom. The van der Waals surface area contributed by atoms with Gasteiger partial charge in [0.15, 0.2) is 0 Å². The van der Waals surface area contributed by atoms with Crippen LogP contribution >= 0.6 is 0 Å². The predicted molar refractivity (Wildman–Crippen MR) is 147 cm³/mol. The number of rotatable bonds is 12. The van der Waals surface area contributed by atoms with E-state index in [2.05, 4.69) is 127 Å². The fourth-order valence-electron chi connectivity index (χ4n) is 5.80. The Labute approximate surface area is 209 Å². The van der Waals surface area contributed by atoms with Crippen LogP contribution in [0.15, 0.2) is 54.6 Å². The molecule has 0 fully saturated rings. The molecule has 2 atom stereocenters. The summed E-state index contributed by atoms with van der Waals surface area (Å²) < 4.78 is 0. The number of hydrogen-bond acceptors (Lipinski definition) is 3. The molecule has 3 nitrogen and oxygen atoms in total. The number of hydrogen-bond donors (Lipinski definition) is 0. The van der Waals surface area contributed by atoms with Crippen LogP contribution in [0.5, 0.6) is 0 Å². The first-order chi connectivity index (χ1) is 16.0. The third-order valence-electron chi connectivity index (χ3n) is 7.23. The Morgan fingerprint density at radius 1 is 0.706 bits per heavy atom. The molecule has 0 aromatic heterocycles. The van der Waals surface area contributed by atoms with E-state index in [0.717, 1.165) is 24.9 Å². The zero-order valence-corrected chi connectivity index (χ0v) is 23.0. The van der Waals surface area contributed by atoms with E-state index in [4.69, 9.17) is 0 Å². The van der Waals surface area contributed by atoms with Gasteiger partial charge in [0.2, 0.25) is 0 Å². The van der Waals surface area contributed by atoms with E-state index in [1.54, 1.807) is 0 Å². The average molecular weight is 462 g/mol. The largest absolute Gasteiger partial charge is 0.298 e. The van der Waals surface area contributed by atoms with Crippen molar-refractivity contribution in [2.75, 3.05) is 6.54 Å². The van der Waals surface area contributed by atoms with Crippen LogP contribution in [0.25, 0.3) is 11.1 Å². The fourth-order valence-corrected chi connectivity index (χ4v) is 5.80.